The molecule has 0 radical (unpaired) electrons. The van der Waals surface area contributed by atoms with Crippen LogP contribution < -0.4 is 0 Å². The van der Waals surface area contributed by atoms with E-state index in [-0.39, 0.29) is 5.12 Å². The lowest BCUT2D eigenvalue weighted by molar-refractivity contribution is -0.110. The van der Waals surface area contributed by atoms with Gasteiger partial charge >= 0.3 is 8.80 Å². The molecule has 0 aromatic heterocycles. The first-order valence-electron chi connectivity index (χ1n) is 6.21. The van der Waals surface area contributed by atoms with Gasteiger partial charge in [0.1, 0.15) is 0 Å². The molecule has 0 saturated heterocycles. The van der Waals surface area contributed by atoms with Gasteiger partial charge in [-0.3, -0.25) is 4.79 Å². The highest BCUT2D eigenvalue weighted by Crippen LogP contribution is 2.20. The van der Waals surface area contributed by atoms with Crippen LogP contribution >= 0.6 is 11.8 Å². The maximum atomic E-state index is 11.2. The number of hydrogen-bond donors (Lipinski definition) is 0. The molecule has 0 fully saturated rings. The fourth-order valence-corrected chi connectivity index (χ4v) is 5.24. The van der Waals surface area contributed by atoms with Crippen molar-refractivity contribution < 1.29 is 18.1 Å². The summed E-state index contributed by atoms with van der Waals surface area (Å²) in [4.78, 5) is 11.2. The lowest BCUT2D eigenvalue weighted by atomic mass is 10.6. The Morgan fingerprint density at radius 2 is 1.47 bits per heavy atom. The Labute approximate surface area is 110 Å². The number of carbonyl (C=O) groups excluding carboxylic acids is 1. The van der Waals surface area contributed by atoms with Gasteiger partial charge in [-0.2, -0.15) is 0 Å². The van der Waals surface area contributed by atoms with E-state index >= 15 is 0 Å². The van der Waals surface area contributed by atoms with Gasteiger partial charge in [-0.05, 0) is 20.8 Å². The highest BCUT2D eigenvalue weighted by Gasteiger charge is 2.39. The second kappa shape index (κ2) is 10.1. The summed E-state index contributed by atoms with van der Waals surface area (Å²) in [5.41, 5.74) is 0. The van der Waals surface area contributed by atoms with Crippen LogP contribution in [0.1, 0.15) is 34.1 Å². The summed E-state index contributed by atoms with van der Waals surface area (Å²) in [6, 6.07) is 0.693. The normalized spacial score (nSPS) is 11.8. The van der Waals surface area contributed by atoms with Crippen LogP contribution in [0.3, 0.4) is 0 Å². The summed E-state index contributed by atoms with van der Waals surface area (Å²) in [6.45, 7) is 9.42. The van der Waals surface area contributed by atoms with Crippen LogP contribution in [0.4, 0.5) is 0 Å². The zero-order valence-corrected chi connectivity index (χ0v) is 13.1. The van der Waals surface area contributed by atoms with Crippen LogP contribution in [0.25, 0.3) is 0 Å². The number of carbonyl (C=O) groups is 1. The predicted octanol–water partition coefficient (Wildman–Crippen LogP) is 2.70. The van der Waals surface area contributed by atoms with Gasteiger partial charge in [0.15, 0.2) is 5.12 Å². The minimum absolute atomic E-state index is 0.206. The molecule has 0 bridgehead atoms. The molecule has 0 unspecified atom stereocenters. The van der Waals surface area contributed by atoms with Gasteiger partial charge in [0.05, 0.1) is 0 Å². The van der Waals surface area contributed by atoms with Crippen molar-refractivity contribution in [2.75, 3.05) is 25.6 Å². The Kier molecular flexibility index (Phi) is 10.1. The first-order valence-corrected chi connectivity index (χ1v) is 9.13. The molecule has 0 aliphatic carbocycles. The summed E-state index contributed by atoms with van der Waals surface area (Å²) in [7, 11) is -2.55. The minimum atomic E-state index is -2.55. The van der Waals surface area contributed by atoms with E-state index in [1.165, 1.54) is 11.8 Å². The molecular weight excluding hydrogens is 256 g/mol. The van der Waals surface area contributed by atoms with Gasteiger partial charge in [0, 0.05) is 38.0 Å². The monoisotopic (exact) mass is 280 g/mol. The summed E-state index contributed by atoms with van der Waals surface area (Å²) in [6.07, 6.45) is 0.567. The fourth-order valence-electron chi connectivity index (χ4n) is 1.39. The van der Waals surface area contributed by atoms with Gasteiger partial charge in [0.25, 0.3) is 0 Å². The van der Waals surface area contributed by atoms with Crippen molar-refractivity contribution in [2.24, 2.45) is 0 Å². The summed E-state index contributed by atoms with van der Waals surface area (Å²) >= 11 is 1.34. The van der Waals surface area contributed by atoms with Gasteiger partial charge in [0.2, 0.25) is 0 Å². The quantitative estimate of drug-likeness (QED) is 0.576. The van der Waals surface area contributed by atoms with E-state index in [0.29, 0.717) is 38.0 Å². The first-order chi connectivity index (χ1) is 8.14. The van der Waals surface area contributed by atoms with E-state index in [4.69, 9.17) is 13.3 Å². The molecule has 0 amide bonds. The molecule has 0 saturated carbocycles. The van der Waals surface area contributed by atoms with Gasteiger partial charge in [-0.1, -0.05) is 18.7 Å². The smallest absolute Gasteiger partial charge is 0.374 e. The zero-order chi connectivity index (χ0) is 13.1. The molecule has 0 rings (SSSR count). The van der Waals surface area contributed by atoms with Crippen molar-refractivity contribution in [1.82, 2.24) is 0 Å². The predicted molar refractivity (Wildman–Crippen MR) is 73.2 cm³/mol. The fraction of sp³-hybridized carbons (Fsp3) is 0.909. The summed E-state index contributed by atoms with van der Waals surface area (Å²) in [5, 5.41) is 0.206. The van der Waals surface area contributed by atoms with E-state index in [9.17, 15) is 4.79 Å². The lowest BCUT2D eigenvalue weighted by Crippen LogP contribution is -2.46. The van der Waals surface area contributed by atoms with Crippen molar-refractivity contribution in [1.29, 1.82) is 0 Å². The molecule has 0 aliphatic heterocycles. The van der Waals surface area contributed by atoms with Gasteiger partial charge in [-0.15, -0.1) is 0 Å². The van der Waals surface area contributed by atoms with E-state index in [1.807, 2.05) is 27.7 Å². The second-order valence-electron chi connectivity index (χ2n) is 3.31. The summed E-state index contributed by atoms with van der Waals surface area (Å²) in [5.74, 6) is 0.707. The number of thioether (sulfide) groups is 1. The van der Waals surface area contributed by atoms with Crippen LogP contribution in [0.5, 0.6) is 0 Å². The van der Waals surface area contributed by atoms with Crippen molar-refractivity contribution in [3.05, 3.63) is 0 Å². The van der Waals surface area contributed by atoms with Crippen LogP contribution in [0.15, 0.2) is 0 Å². The lowest BCUT2D eigenvalue weighted by Gasteiger charge is -2.28. The summed E-state index contributed by atoms with van der Waals surface area (Å²) < 4.78 is 17.1. The highest BCUT2D eigenvalue weighted by atomic mass is 32.2. The molecule has 0 atom stereocenters. The van der Waals surface area contributed by atoms with E-state index in [1.54, 1.807) is 0 Å². The number of hydrogen-bond acceptors (Lipinski definition) is 5. The molecular formula is C11H24O4SSi. The van der Waals surface area contributed by atoms with Crippen molar-refractivity contribution in [3.63, 3.8) is 0 Å². The average Bonchev–Trinajstić information content (AvgIpc) is 2.30. The van der Waals surface area contributed by atoms with E-state index in [2.05, 4.69) is 0 Å². The topological polar surface area (TPSA) is 44.8 Å². The average molecular weight is 280 g/mol. The second-order valence-corrected chi connectivity index (χ2v) is 7.19. The molecule has 0 aromatic carbocycles. The maximum Gasteiger partial charge on any atom is 0.501 e. The third-order valence-corrected chi connectivity index (χ3v) is 6.48. The zero-order valence-electron chi connectivity index (χ0n) is 11.3. The third kappa shape index (κ3) is 7.20. The van der Waals surface area contributed by atoms with Crippen LogP contribution in [0.2, 0.25) is 6.04 Å². The molecule has 17 heavy (non-hydrogen) atoms. The molecule has 0 N–H and O–H groups in total. The molecule has 0 spiro atoms. The number of rotatable bonds is 10. The molecule has 0 aliphatic rings. The van der Waals surface area contributed by atoms with Crippen molar-refractivity contribution in [3.8, 4) is 0 Å². The molecule has 6 heteroatoms. The van der Waals surface area contributed by atoms with Crippen molar-refractivity contribution in [2.45, 2.75) is 40.2 Å². The Morgan fingerprint density at radius 3 is 1.82 bits per heavy atom. The van der Waals surface area contributed by atoms with E-state index < -0.39 is 8.80 Å². The Morgan fingerprint density at radius 1 is 1.00 bits per heavy atom. The molecule has 102 valence electrons. The maximum absolute atomic E-state index is 11.2. The Bertz CT molecular complexity index is 197. The largest absolute Gasteiger partial charge is 0.501 e. The molecule has 4 nitrogen and oxygen atoms in total. The van der Waals surface area contributed by atoms with Crippen molar-refractivity contribution >= 4 is 25.7 Å². The first kappa shape index (κ1) is 17.1. The van der Waals surface area contributed by atoms with E-state index in [0.717, 1.165) is 0 Å². The van der Waals surface area contributed by atoms with Gasteiger partial charge < -0.3 is 13.3 Å². The minimum Gasteiger partial charge on any atom is -0.374 e. The standard InChI is InChI=1S/C11H24O4SSi/c1-5-11(12)16-9-10-17(13-6-2,14-7-3)15-8-4/h5-10H2,1-4H3. The van der Waals surface area contributed by atoms with Crippen LogP contribution in [-0.2, 0) is 18.1 Å². The SMILES string of the molecule is CCO[Si](CCSC(=O)CC)(OCC)OCC. The van der Waals surface area contributed by atoms with Gasteiger partial charge in [-0.25, -0.2) is 0 Å². The highest BCUT2D eigenvalue weighted by molar-refractivity contribution is 8.13. The third-order valence-electron chi connectivity index (χ3n) is 2.05. The molecule has 0 heterocycles. The van der Waals surface area contributed by atoms with Crippen LogP contribution in [0, 0.1) is 0 Å². The van der Waals surface area contributed by atoms with Crippen LogP contribution in [-0.4, -0.2) is 39.5 Å². The Balaban J connectivity index is 4.27. The molecule has 0 aromatic rings. The Hall–Kier alpha value is 0.117.